The molecule has 0 amide bonds. The minimum absolute atomic E-state index is 0.00458. The van der Waals surface area contributed by atoms with Crippen molar-refractivity contribution in [3.05, 3.63) is 93.7 Å². The third-order valence-corrected chi connectivity index (χ3v) is 7.47. The van der Waals surface area contributed by atoms with Gasteiger partial charge in [0.2, 0.25) is 0 Å². The Hall–Kier alpha value is -2.95. The number of nitrogens with zero attached hydrogens (tertiary/aromatic N) is 1. The fraction of sp³-hybridized carbons (Fsp3) is 0.160. The summed E-state index contributed by atoms with van der Waals surface area (Å²) in [6.45, 7) is 1.81. The summed E-state index contributed by atoms with van der Waals surface area (Å²) in [5, 5.41) is 0. The molecule has 2 aromatic carbocycles. The minimum atomic E-state index is -0.893. The van der Waals surface area contributed by atoms with E-state index in [-0.39, 0.29) is 23.6 Å². The van der Waals surface area contributed by atoms with Crippen LogP contribution in [0.25, 0.3) is 17.5 Å². The molecule has 1 aromatic heterocycles. The molecule has 180 valence electrons. The fourth-order valence-electron chi connectivity index (χ4n) is 3.93. The highest BCUT2D eigenvalue weighted by Gasteiger charge is 2.39. The largest absolute Gasteiger partial charge is 0.466 e. The summed E-state index contributed by atoms with van der Waals surface area (Å²) in [7, 11) is 1.23. The molecule has 0 saturated heterocycles. The van der Waals surface area contributed by atoms with E-state index in [9.17, 15) is 14.4 Å². The topological polar surface area (TPSA) is 101 Å². The maximum atomic E-state index is 13.5. The van der Waals surface area contributed by atoms with Gasteiger partial charge in [-0.25, -0.2) is 9.59 Å². The quantitative estimate of drug-likeness (QED) is 0.441. The van der Waals surface area contributed by atoms with E-state index in [1.165, 1.54) is 11.7 Å². The van der Waals surface area contributed by atoms with Gasteiger partial charge in [0.1, 0.15) is 10.5 Å². The van der Waals surface area contributed by atoms with E-state index < -0.39 is 23.4 Å². The molecule has 2 N–H and O–H groups in total. The lowest BCUT2D eigenvalue weighted by Crippen LogP contribution is -2.41. The lowest BCUT2D eigenvalue weighted by Gasteiger charge is -2.26. The van der Waals surface area contributed by atoms with Gasteiger partial charge in [-0.15, -0.1) is 11.3 Å². The van der Waals surface area contributed by atoms with Crippen molar-refractivity contribution in [2.45, 2.75) is 12.8 Å². The van der Waals surface area contributed by atoms with Crippen LogP contribution in [0.3, 0.4) is 0 Å². The van der Waals surface area contributed by atoms with Crippen molar-refractivity contribution >= 4 is 72.6 Å². The molecular weight excluding hydrogens is 600 g/mol. The second kappa shape index (κ2) is 10.3. The van der Waals surface area contributed by atoms with Crippen molar-refractivity contribution in [1.82, 2.24) is 4.57 Å². The van der Waals surface area contributed by atoms with Crippen molar-refractivity contribution in [1.29, 1.82) is 0 Å². The van der Waals surface area contributed by atoms with Crippen molar-refractivity contribution in [3.8, 4) is 0 Å². The van der Waals surface area contributed by atoms with Crippen LogP contribution in [0.15, 0.2) is 67.8 Å². The maximum Gasteiger partial charge on any atom is 0.338 e. The normalized spacial score (nSPS) is 15.7. The summed E-state index contributed by atoms with van der Waals surface area (Å²) in [6, 6.07) is 14.6. The molecule has 1 atom stereocenters. The van der Waals surface area contributed by atoms with Gasteiger partial charge in [-0.05, 0) is 48.4 Å². The van der Waals surface area contributed by atoms with E-state index in [0.29, 0.717) is 14.8 Å². The Morgan fingerprint density at radius 3 is 2.40 bits per heavy atom. The minimum Gasteiger partial charge on any atom is -0.466 e. The van der Waals surface area contributed by atoms with Crippen LogP contribution < -0.4 is 20.5 Å². The molecule has 0 bridgehead atoms. The molecule has 7 nitrogen and oxygen atoms in total. The van der Waals surface area contributed by atoms with Crippen molar-refractivity contribution in [2.75, 3.05) is 13.7 Å². The van der Waals surface area contributed by atoms with Crippen molar-refractivity contribution in [3.63, 3.8) is 0 Å². The zero-order chi connectivity index (χ0) is 25.3. The monoisotopic (exact) mass is 618 g/mol. The summed E-state index contributed by atoms with van der Waals surface area (Å²) >= 11 is 7.99. The molecule has 4 rings (SSSR count). The van der Waals surface area contributed by atoms with Crippen molar-refractivity contribution < 1.29 is 19.1 Å². The summed E-state index contributed by atoms with van der Waals surface area (Å²) in [5.41, 5.74) is 7.55. The van der Waals surface area contributed by atoms with Crippen LogP contribution in [0.1, 0.15) is 24.0 Å². The molecule has 3 aromatic rings. The molecule has 35 heavy (non-hydrogen) atoms. The smallest absolute Gasteiger partial charge is 0.338 e. The van der Waals surface area contributed by atoms with Crippen LogP contribution in [-0.4, -0.2) is 30.2 Å². The van der Waals surface area contributed by atoms with E-state index in [1.807, 2.05) is 30.3 Å². The first-order valence-electron chi connectivity index (χ1n) is 10.5. The number of esters is 2. The summed E-state index contributed by atoms with van der Waals surface area (Å²) < 4.78 is 13.9. The number of thiazole rings is 1. The first-order chi connectivity index (χ1) is 16.8. The van der Waals surface area contributed by atoms with Gasteiger partial charge in [0.05, 0.1) is 35.3 Å². The van der Waals surface area contributed by atoms with Crippen LogP contribution in [0.5, 0.6) is 0 Å². The number of hydrogen-bond acceptors (Lipinski definition) is 7. The number of aromatic nitrogens is 1. The van der Waals surface area contributed by atoms with Gasteiger partial charge in [-0.1, -0.05) is 56.1 Å². The Labute approximate surface area is 221 Å². The predicted octanol–water partition coefficient (Wildman–Crippen LogP) is 3.08. The number of nitrogens with two attached hydrogens (primary N) is 1. The van der Waals surface area contributed by atoms with Gasteiger partial charge in [-0.3, -0.25) is 9.36 Å². The standard InChI is InChI=1S/C25H20Br2N2O5S/c1-3-34-25(32)20-18(14-7-5-9-16(27)12-14)19(24(31)33-2)21(28)29-22(30)17(35-23(20)29)11-13-6-4-8-15(26)10-13/h4-12,18H,3,28H2,1-2H3. The number of methoxy groups -OCH3 is 1. The van der Waals surface area contributed by atoms with Gasteiger partial charge in [0, 0.05) is 8.95 Å². The number of carbonyl (C=O) groups is 2. The summed E-state index contributed by atoms with van der Waals surface area (Å²) in [4.78, 5) is 39.8. The van der Waals surface area contributed by atoms with E-state index in [2.05, 4.69) is 31.9 Å². The first kappa shape index (κ1) is 25.2. The van der Waals surface area contributed by atoms with Crippen LogP contribution in [0.4, 0.5) is 0 Å². The Morgan fingerprint density at radius 1 is 1.09 bits per heavy atom. The zero-order valence-electron chi connectivity index (χ0n) is 18.7. The zero-order valence-corrected chi connectivity index (χ0v) is 22.7. The van der Waals surface area contributed by atoms with E-state index in [0.717, 1.165) is 25.8 Å². The Kier molecular flexibility index (Phi) is 7.44. The van der Waals surface area contributed by atoms with E-state index in [4.69, 9.17) is 15.2 Å². The molecule has 0 fully saturated rings. The van der Waals surface area contributed by atoms with Gasteiger partial charge in [0.15, 0.2) is 0 Å². The van der Waals surface area contributed by atoms with Gasteiger partial charge in [0.25, 0.3) is 5.56 Å². The van der Waals surface area contributed by atoms with Gasteiger partial charge in [-0.2, -0.15) is 0 Å². The Morgan fingerprint density at radius 2 is 1.77 bits per heavy atom. The molecular formula is C25H20Br2N2O5S. The molecule has 0 spiro atoms. The third-order valence-electron chi connectivity index (χ3n) is 5.38. The van der Waals surface area contributed by atoms with Crippen molar-refractivity contribution in [2.24, 2.45) is 5.73 Å². The molecule has 10 heteroatoms. The molecule has 1 unspecified atom stereocenters. The number of rotatable bonds is 5. The lowest BCUT2D eigenvalue weighted by atomic mass is 9.83. The van der Waals surface area contributed by atoms with Crippen LogP contribution >= 0.6 is 43.2 Å². The average molecular weight is 620 g/mol. The van der Waals surface area contributed by atoms with Crippen LogP contribution in [0, 0.1) is 0 Å². The first-order valence-corrected chi connectivity index (χ1v) is 12.9. The molecule has 1 aliphatic rings. The molecule has 0 radical (unpaired) electrons. The molecule has 0 saturated carbocycles. The lowest BCUT2D eigenvalue weighted by molar-refractivity contribution is -0.136. The van der Waals surface area contributed by atoms with Crippen LogP contribution in [0.2, 0.25) is 0 Å². The number of halogens is 2. The maximum absolute atomic E-state index is 13.5. The second-order valence-corrected chi connectivity index (χ2v) is 10.4. The summed E-state index contributed by atoms with van der Waals surface area (Å²) in [5.74, 6) is -2.36. The number of hydrogen-bond donors (Lipinski definition) is 1. The average Bonchev–Trinajstić information content (AvgIpc) is 3.14. The molecule has 2 heterocycles. The Balaban J connectivity index is 2.13. The third kappa shape index (κ3) is 4.78. The predicted molar refractivity (Wildman–Crippen MR) is 142 cm³/mol. The van der Waals surface area contributed by atoms with Gasteiger partial charge >= 0.3 is 11.9 Å². The SMILES string of the molecule is CCOC(=O)C1=c2sc(=Cc3cccc(Br)c3)c(=O)n2C(N)=C(C(=O)OC)C1c1cccc(Br)c1. The number of fused-ring (bicyclic) bond motifs is 1. The fourth-order valence-corrected chi connectivity index (χ4v) is 5.93. The number of carbonyl (C=O) groups excluding carboxylic acids is 2. The van der Waals surface area contributed by atoms with Crippen LogP contribution in [-0.2, 0) is 19.1 Å². The highest BCUT2D eigenvalue weighted by molar-refractivity contribution is 9.10. The Bertz CT molecular complexity index is 1550. The highest BCUT2D eigenvalue weighted by Crippen LogP contribution is 2.38. The highest BCUT2D eigenvalue weighted by atomic mass is 79.9. The van der Waals surface area contributed by atoms with E-state index in [1.54, 1.807) is 31.2 Å². The second-order valence-electron chi connectivity index (χ2n) is 7.52. The molecule has 0 aliphatic carbocycles. The number of benzene rings is 2. The summed E-state index contributed by atoms with van der Waals surface area (Å²) in [6.07, 6.45) is 1.71. The van der Waals surface area contributed by atoms with Gasteiger partial charge < -0.3 is 15.2 Å². The molecule has 1 aliphatic heterocycles. The number of ether oxygens (including phenoxy) is 2. The van der Waals surface area contributed by atoms with E-state index >= 15 is 0 Å².